The van der Waals surface area contributed by atoms with E-state index < -0.39 is 5.25 Å². The number of hydrogen-bond acceptors (Lipinski definition) is 5. The van der Waals surface area contributed by atoms with Crippen molar-refractivity contribution >= 4 is 23.5 Å². The van der Waals surface area contributed by atoms with Gasteiger partial charge in [-0.2, -0.15) is 0 Å². The molecule has 0 aromatic heterocycles. The highest BCUT2D eigenvalue weighted by Crippen LogP contribution is 2.44. The molecule has 1 unspecified atom stereocenters. The highest BCUT2D eigenvalue weighted by molar-refractivity contribution is 8.00. The lowest BCUT2D eigenvalue weighted by Crippen LogP contribution is -2.28. The zero-order chi connectivity index (χ0) is 16.4. The van der Waals surface area contributed by atoms with Crippen molar-refractivity contribution in [3.63, 3.8) is 0 Å². The summed E-state index contributed by atoms with van der Waals surface area (Å²) in [5.41, 5.74) is 2.79. The van der Waals surface area contributed by atoms with Crippen molar-refractivity contribution in [2.24, 2.45) is 0 Å². The van der Waals surface area contributed by atoms with Crippen molar-refractivity contribution in [1.82, 2.24) is 0 Å². The SMILES string of the molecule is CCCCOC(=O)C1CC(=O)c2c(C)c(O)c(C)c(C)c2S1. The fourth-order valence-corrected chi connectivity index (χ4v) is 3.98. The second-order valence-electron chi connectivity index (χ2n) is 5.68. The van der Waals surface area contributed by atoms with Gasteiger partial charge >= 0.3 is 5.97 Å². The molecule has 0 aliphatic carbocycles. The molecule has 5 heteroatoms. The van der Waals surface area contributed by atoms with Crippen molar-refractivity contribution in [3.8, 4) is 5.75 Å². The predicted octanol–water partition coefficient (Wildman–Crippen LogP) is 3.71. The number of aromatic hydroxyl groups is 1. The van der Waals surface area contributed by atoms with Crippen LogP contribution in [0.4, 0.5) is 0 Å². The Morgan fingerprint density at radius 1 is 1.27 bits per heavy atom. The summed E-state index contributed by atoms with van der Waals surface area (Å²) in [5.74, 6) is -0.239. The molecule has 0 saturated carbocycles. The molecule has 1 atom stereocenters. The molecular weight excluding hydrogens is 300 g/mol. The number of fused-ring (bicyclic) bond motifs is 1. The van der Waals surface area contributed by atoms with Gasteiger partial charge in [0, 0.05) is 22.4 Å². The van der Waals surface area contributed by atoms with Crippen LogP contribution in [0.2, 0.25) is 0 Å². The van der Waals surface area contributed by atoms with Gasteiger partial charge in [-0.1, -0.05) is 13.3 Å². The summed E-state index contributed by atoms with van der Waals surface area (Å²) in [7, 11) is 0. The highest BCUT2D eigenvalue weighted by atomic mass is 32.2. The van der Waals surface area contributed by atoms with Gasteiger partial charge in [-0.3, -0.25) is 9.59 Å². The molecule has 0 radical (unpaired) electrons. The summed E-state index contributed by atoms with van der Waals surface area (Å²) < 4.78 is 5.25. The maximum atomic E-state index is 12.4. The second kappa shape index (κ2) is 6.73. The van der Waals surface area contributed by atoms with Crippen molar-refractivity contribution in [2.45, 2.75) is 57.1 Å². The van der Waals surface area contributed by atoms with Crippen molar-refractivity contribution in [2.75, 3.05) is 6.61 Å². The van der Waals surface area contributed by atoms with Gasteiger partial charge in [0.05, 0.1) is 6.61 Å². The van der Waals surface area contributed by atoms with Crippen LogP contribution >= 0.6 is 11.8 Å². The number of phenolic OH excluding ortho intramolecular Hbond substituents is 1. The average molecular weight is 322 g/mol. The Labute approximate surface area is 135 Å². The van der Waals surface area contributed by atoms with E-state index in [1.54, 1.807) is 6.92 Å². The Bertz CT molecular complexity index is 622. The molecule has 120 valence electrons. The molecule has 1 aromatic carbocycles. The lowest BCUT2D eigenvalue weighted by atomic mass is 9.94. The Morgan fingerprint density at radius 2 is 1.95 bits per heavy atom. The van der Waals surface area contributed by atoms with Gasteiger partial charge < -0.3 is 9.84 Å². The van der Waals surface area contributed by atoms with Gasteiger partial charge in [-0.15, -0.1) is 11.8 Å². The lowest BCUT2D eigenvalue weighted by molar-refractivity contribution is -0.143. The van der Waals surface area contributed by atoms with Gasteiger partial charge in [-0.25, -0.2) is 0 Å². The molecule has 0 amide bonds. The predicted molar refractivity (Wildman–Crippen MR) is 86.8 cm³/mol. The molecule has 1 aliphatic rings. The molecule has 1 aliphatic heterocycles. The molecule has 0 saturated heterocycles. The van der Waals surface area contributed by atoms with E-state index in [2.05, 4.69) is 0 Å². The number of ether oxygens (including phenoxy) is 1. The van der Waals surface area contributed by atoms with Gasteiger partial charge in [0.1, 0.15) is 11.0 Å². The third-order valence-corrected chi connectivity index (χ3v) is 5.52. The number of carbonyl (C=O) groups excluding carboxylic acids is 2. The van der Waals surface area contributed by atoms with E-state index in [9.17, 15) is 14.7 Å². The first-order valence-corrected chi connectivity index (χ1v) is 8.45. The van der Waals surface area contributed by atoms with Gasteiger partial charge in [0.15, 0.2) is 5.78 Å². The minimum absolute atomic E-state index is 0.0953. The highest BCUT2D eigenvalue weighted by Gasteiger charge is 2.35. The lowest BCUT2D eigenvalue weighted by Gasteiger charge is -2.26. The number of unbranched alkanes of at least 4 members (excludes halogenated alkanes) is 1. The summed E-state index contributed by atoms with van der Waals surface area (Å²) in [4.78, 5) is 25.4. The summed E-state index contributed by atoms with van der Waals surface area (Å²) in [6.45, 7) is 7.88. The van der Waals surface area contributed by atoms with Crippen LogP contribution < -0.4 is 0 Å². The topological polar surface area (TPSA) is 63.6 Å². The molecule has 22 heavy (non-hydrogen) atoms. The number of Topliss-reactive ketones (excluding diaryl/α,β-unsaturated/α-hetero) is 1. The van der Waals surface area contributed by atoms with E-state index in [-0.39, 0.29) is 23.9 Å². The van der Waals surface area contributed by atoms with Crippen LogP contribution in [-0.4, -0.2) is 28.7 Å². The number of phenols is 1. The number of esters is 1. The number of thioether (sulfide) groups is 1. The number of ketones is 1. The normalized spacial score (nSPS) is 17.3. The maximum absolute atomic E-state index is 12.4. The van der Waals surface area contributed by atoms with E-state index in [1.165, 1.54) is 11.8 Å². The number of carbonyl (C=O) groups is 2. The molecule has 1 heterocycles. The number of rotatable bonds is 4. The van der Waals surface area contributed by atoms with Crippen molar-refractivity contribution < 1.29 is 19.4 Å². The van der Waals surface area contributed by atoms with Crippen molar-refractivity contribution in [1.29, 1.82) is 0 Å². The molecule has 0 spiro atoms. The van der Waals surface area contributed by atoms with Crippen LogP contribution in [0.3, 0.4) is 0 Å². The zero-order valence-corrected chi connectivity index (χ0v) is 14.3. The Morgan fingerprint density at radius 3 is 2.59 bits per heavy atom. The second-order valence-corrected chi connectivity index (χ2v) is 6.90. The molecule has 0 bridgehead atoms. The number of benzene rings is 1. The van der Waals surface area contributed by atoms with Crippen LogP contribution in [0.15, 0.2) is 4.90 Å². The standard InChI is InChI=1S/C17H22O4S/c1-5-6-7-21-17(20)13-8-12(18)14-11(4)15(19)9(2)10(3)16(14)22-13/h13,19H,5-8H2,1-4H3. The Kier molecular flexibility index (Phi) is 5.16. The van der Waals surface area contributed by atoms with Crippen LogP contribution in [0, 0.1) is 20.8 Å². The third kappa shape index (κ3) is 3.00. The van der Waals surface area contributed by atoms with E-state index in [4.69, 9.17) is 4.74 Å². The average Bonchev–Trinajstić information content (AvgIpc) is 2.50. The fraction of sp³-hybridized carbons (Fsp3) is 0.529. The number of hydrogen-bond donors (Lipinski definition) is 1. The molecule has 1 aromatic rings. The molecule has 2 rings (SSSR count). The minimum Gasteiger partial charge on any atom is -0.507 e. The molecule has 1 N–H and O–H groups in total. The summed E-state index contributed by atoms with van der Waals surface area (Å²) >= 11 is 1.38. The quantitative estimate of drug-likeness (QED) is 0.676. The maximum Gasteiger partial charge on any atom is 0.319 e. The van der Waals surface area contributed by atoms with E-state index >= 15 is 0 Å². The Hall–Kier alpha value is -1.49. The van der Waals surface area contributed by atoms with Gasteiger partial charge in [-0.05, 0) is 38.3 Å². The first kappa shape index (κ1) is 16.9. The van der Waals surface area contributed by atoms with Crippen molar-refractivity contribution in [3.05, 3.63) is 22.3 Å². The first-order valence-electron chi connectivity index (χ1n) is 7.57. The van der Waals surface area contributed by atoms with Crippen LogP contribution in [-0.2, 0) is 9.53 Å². The summed E-state index contributed by atoms with van der Waals surface area (Å²) in [5, 5.41) is 9.64. The van der Waals surface area contributed by atoms with E-state index in [0.717, 1.165) is 28.9 Å². The largest absolute Gasteiger partial charge is 0.507 e. The smallest absolute Gasteiger partial charge is 0.319 e. The fourth-order valence-electron chi connectivity index (χ4n) is 2.58. The summed E-state index contributed by atoms with van der Waals surface area (Å²) in [6.07, 6.45) is 1.92. The molecule has 4 nitrogen and oxygen atoms in total. The third-order valence-electron chi connectivity index (χ3n) is 4.13. The zero-order valence-electron chi connectivity index (χ0n) is 13.5. The van der Waals surface area contributed by atoms with Crippen LogP contribution in [0.1, 0.15) is 53.2 Å². The van der Waals surface area contributed by atoms with Crippen LogP contribution in [0.5, 0.6) is 5.75 Å². The van der Waals surface area contributed by atoms with Gasteiger partial charge in [0.2, 0.25) is 0 Å². The molecular formula is C17H22O4S. The Balaban J connectivity index is 2.30. The van der Waals surface area contributed by atoms with Crippen LogP contribution in [0.25, 0.3) is 0 Å². The van der Waals surface area contributed by atoms with Gasteiger partial charge in [0.25, 0.3) is 0 Å². The van der Waals surface area contributed by atoms with E-state index in [1.807, 2.05) is 20.8 Å². The van der Waals surface area contributed by atoms with E-state index in [0.29, 0.717) is 17.7 Å². The summed E-state index contributed by atoms with van der Waals surface area (Å²) in [6, 6.07) is 0. The molecule has 0 fully saturated rings. The first-order chi connectivity index (χ1) is 10.4. The minimum atomic E-state index is -0.487. The monoisotopic (exact) mass is 322 g/mol.